The van der Waals surface area contributed by atoms with Crippen molar-refractivity contribution in [3.05, 3.63) is 60.6 Å². The molecule has 0 saturated carbocycles. The number of ether oxygens (including phenoxy) is 2. The lowest BCUT2D eigenvalue weighted by molar-refractivity contribution is 0.354. The van der Waals surface area contributed by atoms with E-state index in [-0.39, 0.29) is 11.4 Å². The van der Waals surface area contributed by atoms with Gasteiger partial charge in [-0.1, -0.05) is 0 Å². The van der Waals surface area contributed by atoms with Crippen LogP contribution in [0.2, 0.25) is 0 Å². The first kappa shape index (κ1) is 18.0. The fourth-order valence-electron chi connectivity index (χ4n) is 2.41. The summed E-state index contributed by atoms with van der Waals surface area (Å²) in [7, 11) is -0.778. The predicted molar refractivity (Wildman–Crippen MR) is 95.5 cm³/mol. The minimum absolute atomic E-state index is 0.0882. The zero-order valence-corrected chi connectivity index (χ0v) is 15.1. The van der Waals surface area contributed by atoms with Crippen LogP contribution in [0, 0.1) is 0 Å². The Hall–Kier alpha value is -2.84. The van der Waals surface area contributed by atoms with Gasteiger partial charge in [-0.05, 0) is 35.9 Å². The second kappa shape index (κ2) is 7.59. The predicted octanol–water partition coefficient (Wildman–Crippen LogP) is 2.84. The van der Waals surface area contributed by atoms with E-state index in [1.54, 1.807) is 30.8 Å². The lowest BCUT2D eigenvalue weighted by atomic mass is 10.2. The quantitative estimate of drug-likeness (QED) is 0.684. The molecule has 0 saturated heterocycles. The molecule has 136 valence electrons. The maximum absolute atomic E-state index is 12.5. The van der Waals surface area contributed by atoms with Gasteiger partial charge in [0, 0.05) is 30.6 Å². The Bertz CT molecular complexity index is 985. The van der Waals surface area contributed by atoms with Crippen molar-refractivity contribution in [3.8, 4) is 22.8 Å². The van der Waals surface area contributed by atoms with Crippen molar-refractivity contribution < 1.29 is 22.3 Å². The van der Waals surface area contributed by atoms with Gasteiger partial charge in [0.2, 0.25) is 10.0 Å². The molecule has 0 atom stereocenters. The summed E-state index contributed by atoms with van der Waals surface area (Å²) in [6.07, 6.45) is 4.83. The summed E-state index contributed by atoms with van der Waals surface area (Å²) in [5.41, 5.74) is 1.49. The van der Waals surface area contributed by atoms with Crippen LogP contribution in [0.1, 0.15) is 5.56 Å². The topological polar surface area (TPSA) is 90.7 Å². The largest absolute Gasteiger partial charge is 0.493 e. The zero-order chi connectivity index (χ0) is 18.6. The Balaban J connectivity index is 1.78. The molecule has 1 N–H and O–H groups in total. The normalized spacial score (nSPS) is 11.3. The third-order valence-corrected chi connectivity index (χ3v) is 5.13. The molecular formula is C18H18N2O5S. The summed E-state index contributed by atoms with van der Waals surface area (Å²) in [4.78, 5) is 4.22. The number of nitrogens with zero attached hydrogens (tertiary/aromatic N) is 1. The van der Waals surface area contributed by atoms with Crippen LogP contribution in [-0.2, 0) is 16.6 Å². The fourth-order valence-corrected chi connectivity index (χ4v) is 3.44. The highest BCUT2D eigenvalue weighted by Crippen LogP contribution is 2.29. The van der Waals surface area contributed by atoms with E-state index in [9.17, 15) is 8.42 Å². The van der Waals surface area contributed by atoms with Gasteiger partial charge in [0.05, 0.1) is 25.4 Å². The van der Waals surface area contributed by atoms with E-state index in [2.05, 4.69) is 9.71 Å². The molecule has 0 bridgehead atoms. The summed E-state index contributed by atoms with van der Waals surface area (Å²) < 4.78 is 43.2. The number of benzene rings is 1. The van der Waals surface area contributed by atoms with Crippen LogP contribution in [0.4, 0.5) is 0 Å². The van der Waals surface area contributed by atoms with E-state index in [1.807, 2.05) is 12.1 Å². The van der Waals surface area contributed by atoms with Gasteiger partial charge in [-0.3, -0.25) is 4.98 Å². The highest BCUT2D eigenvalue weighted by Gasteiger charge is 2.17. The molecule has 0 fully saturated rings. The van der Waals surface area contributed by atoms with E-state index in [0.717, 1.165) is 5.56 Å². The number of pyridine rings is 1. The highest BCUT2D eigenvalue weighted by atomic mass is 32.2. The smallest absolute Gasteiger partial charge is 0.241 e. The fraction of sp³-hybridized carbons (Fsp3) is 0.167. The molecule has 1 aromatic carbocycles. The minimum atomic E-state index is -3.72. The van der Waals surface area contributed by atoms with Crippen molar-refractivity contribution in [1.29, 1.82) is 0 Å². The zero-order valence-electron chi connectivity index (χ0n) is 14.3. The van der Waals surface area contributed by atoms with Gasteiger partial charge in [0.25, 0.3) is 0 Å². The maximum atomic E-state index is 12.5. The van der Waals surface area contributed by atoms with Gasteiger partial charge in [0.1, 0.15) is 5.76 Å². The molecule has 2 aromatic heterocycles. The van der Waals surface area contributed by atoms with E-state index >= 15 is 0 Å². The van der Waals surface area contributed by atoms with Gasteiger partial charge >= 0.3 is 0 Å². The van der Waals surface area contributed by atoms with Crippen molar-refractivity contribution >= 4 is 10.0 Å². The number of furan rings is 1. The van der Waals surface area contributed by atoms with Gasteiger partial charge in [-0.25, -0.2) is 13.1 Å². The number of rotatable bonds is 7. The Morgan fingerprint density at radius 1 is 1.08 bits per heavy atom. The van der Waals surface area contributed by atoms with Crippen molar-refractivity contribution in [2.24, 2.45) is 0 Å². The number of sulfonamides is 1. The Labute approximate surface area is 151 Å². The third-order valence-electron chi connectivity index (χ3n) is 3.73. The van der Waals surface area contributed by atoms with E-state index in [0.29, 0.717) is 22.8 Å². The lowest BCUT2D eigenvalue weighted by Crippen LogP contribution is -2.23. The summed E-state index contributed by atoms with van der Waals surface area (Å²) >= 11 is 0. The molecule has 0 aliphatic heterocycles. The van der Waals surface area contributed by atoms with E-state index in [4.69, 9.17) is 13.9 Å². The SMILES string of the molecule is COc1ccc(S(=O)(=O)NCc2cncc(-c3ccco3)c2)cc1OC. The molecule has 0 radical (unpaired) electrons. The van der Waals surface area contributed by atoms with E-state index < -0.39 is 10.0 Å². The summed E-state index contributed by atoms with van der Waals surface area (Å²) in [6, 6.07) is 9.84. The second-order valence-corrected chi connectivity index (χ2v) is 7.17. The second-order valence-electron chi connectivity index (χ2n) is 5.40. The summed E-state index contributed by atoms with van der Waals surface area (Å²) in [5, 5.41) is 0. The van der Waals surface area contributed by atoms with Crippen LogP contribution in [0.25, 0.3) is 11.3 Å². The number of hydrogen-bond donors (Lipinski definition) is 1. The molecular weight excluding hydrogens is 356 g/mol. The van der Waals surface area contributed by atoms with Crippen LogP contribution in [0.15, 0.2) is 64.4 Å². The van der Waals surface area contributed by atoms with Gasteiger partial charge in [-0.15, -0.1) is 0 Å². The average molecular weight is 374 g/mol. The first-order chi connectivity index (χ1) is 12.5. The molecule has 3 aromatic rings. The lowest BCUT2D eigenvalue weighted by Gasteiger charge is -2.11. The van der Waals surface area contributed by atoms with Crippen molar-refractivity contribution in [2.75, 3.05) is 14.2 Å². The van der Waals surface area contributed by atoms with Crippen LogP contribution in [0.3, 0.4) is 0 Å². The first-order valence-corrected chi connectivity index (χ1v) is 9.21. The number of nitrogens with one attached hydrogen (secondary N) is 1. The van der Waals surface area contributed by atoms with E-state index in [1.165, 1.54) is 26.4 Å². The molecule has 0 spiro atoms. The Morgan fingerprint density at radius 2 is 1.88 bits per heavy atom. The van der Waals surface area contributed by atoms with Gasteiger partial charge in [0.15, 0.2) is 11.5 Å². The average Bonchev–Trinajstić information content (AvgIpc) is 3.21. The molecule has 26 heavy (non-hydrogen) atoms. The van der Waals surface area contributed by atoms with Crippen LogP contribution < -0.4 is 14.2 Å². The molecule has 7 nitrogen and oxygen atoms in total. The Kier molecular flexibility index (Phi) is 5.24. The minimum Gasteiger partial charge on any atom is -0.493 e. The molecule has 0 amide bonds. The Morgan fingerprint density at radius 3 is 2.58 bits per heavy atom. The molecule has 3 rings (SSSR count). The first-order valence-electron chi connectivity index (χ1n) is 7.73. The molecule has 0 unspecified atom stereocenters. The number of hydrogen-bond acceptors (Lipinski definition) is 6. The van der Waals surface area contributed by atoms with Crippen LogP contribution in [-0.4, -0.2) is 27.6 Å². The summed E-state index contributed by atoms with van der Waals surface area (Å²) in [5.74, 6) is 1.47. The van der Waals surface area contributed by atoms with Crippen molar-refractivity contribution in [3.63, 3.8) is 0 Å². The highest BCUT2D eigenvalue weighted by molar-refractivity contribution is 7.89. The van der Waals surface area contributed by atoms with Crippen LogP contribution >= 0.6 is 0 Å². The number of methoxy groups -OCH3 is 2. The van der Waals surface area contributed by atoms with Crippen LogP contribution in [0.5, 0.6) is 11.5 Å². The molecule has 0 aliphatic carbocycles. The standard InChI is InChI=1S/C18H18N2O5S/c1-23-17-6-5-15(9-18(17)24-2)26(21,22)20-11-13-8-14(12-19-10-13)16-4-3-7-25-16/h3-10,12,20H,11H2,1-2H3. The van der Waals surface area contributed by atoms with Gasteiger partial charge in [-0.2, -0.15) is 0 Å². The molecule has 0 aliphatic rings. The third kappa shape index (κ3) is 3.87. The van der Waals surface area contributed by atoms with Crippen molar-refractivity contribution in [2.45, 2.75) is 11.4 Å². The number of aromatic nitrogens is 1. The monoisotopic (exact) mass is 374 g/mol. The summed E-state index contributed by atoms with van der Waals surface area (Å²) in [6.45, 7) is 0.0955. The molecule has 8 heteroatoms. The van der Waals surface area contributed by atoms with Crippen molar-refractivity contribution in [1.82, 2.24) is 9.71 Å². The van der Waals surface area contributed by atoms with Gasteiger partial charge < -0.3 is 13.9 Å². The maximum Gasteiger partial charge on any atom is 0.241 e. The molecule has 2 heterocycles.